The molecule has 0 aromatic rings. The van der Waals surface area contributed by atoms with Crippen LogP contribution in [0.5, 0.6) is 0 Å². The molecule has 0 fully saturated rings. The molecule has 0 aliphatic heterocycles. The molecule has 0 aromatic carbocycles. The lowest BCUT2D eigenvalue weighted by Crippen LogP contribution is -2.46. The van der Waals surface area contributed by atoms with Gasteiger partial charge in [-0.25, -0.2) is 9.59 Å². The maximum absolute atomic E-state index is 11.5. The zero-order chi connectivity index (χ0) is 15.4. The quantitative estimate of drug-likeness (QED) is 0.415. The van der Waals surface area contributed by atoms with E-state index in [9.17, 15) is 14.4 Å². The first-order valence-corrected chi connectivity index (χ1v) is 6.85. The maximum Gasteiger partial charge on any atom is 0.326 e. The van der Waals surface area contributed by atoms with Gasteiger partial charge in [0.1, 0.15) is 6.04 Å². The van der Waals surface area contributed by atoms with Gasteiger partial charge in [-0.1, -0.05) is 26.2 Å². The van der Waals surface area contributed by atoms with E-state index in [0.717, 1.165) is 25.7 Å². The summed E-state index contributed by atoms with van der Waals surface area (Å²) < 4.78 is 4.43. The Labute approximate surface area is 119 Å². The predicted molar refractivity (Wildman–Crippen MR) is 73.4 cm³/mol. The second kappa shape index (κ2) is 11.1. The normalized spacial score (nSPS) is 11.5. The minimum Gasteiger partial charge on any atom is -0.480 e. The summed E-state index contributed by atoms with van der Waals surface area (Å²) in [5, 5.41) is 13.9. The zero-order valence-electron chi connectivity index (χ0n) is 12.1. The summed E-state index contributed by atoms with van der Waals surface area (Å²) in [4.78, 5) is 33.4. The molecule has 7 heteroatoms. The molecule has 3 N–H and O–H groups in total. The van der Waals surface area contributed by atoms with Gasteiger partial charge in [0.2, 0.25) is 0 Å². The van der Waals surface area contributed by atoms with Crippen molar-refractivity contribution < 1.29 is 24.2 Å². The number of nitrogens with one attached hydrogen (secondary N) is 2. The number of aliphatic carboxylic acids is 1. The van der Waals surface area contributed by atoms with Crippen LogP contribution >= 0.6 is 0 Å². The molecule has 1 atom stereocenters. The number of hydrogen-bond acceptors (Lipinski definition) is 4. The number of unbranched alkanes of at least 4 members (excludes halogenated alkanes) is 3. The Morgan fingerprint density at radius 2 is 1.90 bits per heavy atom. The van der Waals surface area contributed by atoms with Crippen molar-refractivity contribution in [1.29, 1.82) is 0 Å². The third-order valence-electron chi connectivity index (χ3n) is 2.78. The maximum atomic E-state index is 11.5. The van der Waals surface area contributed by atoms with Crippen molar-refractivity contribution in [3.63, 3.8) is 0 Å². The molecular formula is C13H24N2O5. The van der Waals surface area contributed by atoms with Crippen LogP contribution in [0, 0.1) is 0 Å². The molecule has 0 heterocycles. The molecule has 0 spiro atoms. The van der Waals surface area contributed by atoms with E-state index in [2.05, 4.69) is 22.3 Å². The van der Waals surface area contributed by atoms with E-state index in [1.807, 2.05) is 0 Å². The van der Waals surface area contributed by atoms with E-state index < -0.39 is 24.0 Å². The number of ether oxygens (including phenoxy) is 1. The Morgan fingerprint density at radius 3 is 2.45 bits per heavy atom. The highest BCUT2D eigenvalue weighted by atomic mass is 16.5. The molecule has 0 saturated carbocycles. The van der Waals surface area contributed by atoms with Gasteiger partial charge in [-0.3, -0.25) is 4.79 Å². The molecule has 0 unspecified atom stereocenters. The van der Waals surface area contributed by atoms with Crippen LogP contribution in [-0.4, -0.2) is 42.8 Å². The predicted octanol–water partition coefficient (Wildman–Crippen LogP) is 1.27. The van der Waals surface area contributed by atoms with Gasteiger partial charge in [-0.05, 0) is 12.8 Å². The van der Waals surface area contributed by atoms with Crippen LogP contribution in [0.3, 0.4) is 0 Å². The van der Waals surface area contributed by atoms with Gasteiger partial charge < -0.3 is 20.5 Å². The molecule has 0 bridgehead atoms. The molecule has 0 aliphatic rings. The van der Waals surface area contributed by atoms with E-state index in [-0.39, 0.29) is 12.8 Å². The van der Waals surface area contributed by atoms with Crippen LogP contribution in [-0.2, 0) is 14.3 Å². The minimum atomic E-state index is -1.17. The van der Waals surface area contributed by atoms with E-state index in [0.29, 0.717) is 6.54 Å². The smallest absolute Gasteiger partial charge is 0.326 e. The van der Waals surface area contributed by atoms with Gasteiger partial charge in [-0.2, -0.15) is 0 Å². The van der Waals surface area contributed by atoms with Crippen molar-refractivity contribution in [3.05, 3.63) is 0 Å². The third-order valence-corrected chi connectivity index (χ3v) is 2.78. The molecule has 20 heavy (non-hydrogen) atoms. The number of amides is 2. The molecule has 116 valence electrons. The summed E-state index contributed by atoms with van der Waals surface area (Å²) in [6.45, 7) is 2.61. The number of carboxylic acid groups (broad SMARTS) is 1. The van der Waals surface area contributed by atoms with Crippen LogP contribution in [0.25, 0.3) is 0 Å². The van der Waals surface area contributed by atoms with Crippen molar-refractivity contribution in [1.82, 2.24) is 10.6 Å². The highest BCUT2D eigenvalue weighted by Crippen LogP contribution is 2.00. The van der Waals surface area contributed by atoms with Crippen LogP contribution in [0.15, 0.2) is 0 Å². The highest BCUT2D eigenvalue weighted by molar-refractivity contribution is 5.83. The number of methoxy groups -OCH3 is 1. The van der Waals surface area contributed by atoms with Crippen molar-refractivity contribution in [2.45, 2.75) is 51.5 Å². The number of carbonyl (C=O) groups excluding carboxylic acids is 2. The lowest BCUT2D eigenvalue weighted by molar-refractivity contribution is -0.142. The Kier molecular flexibility index (Phi) is 10.1. The molecule has 0 saturated heterocycles. The van der Waals surface area contributed by atoms with Gasteiger partial charge >= 0.3 is 18.0 Å². The van der Waals surface area contributed by atoms with Crippen LogP contribution in [0.1, 0.15) is 45.4 Å². The van der Waals surface area contributed by atoms with Gasteiger partial charge in [0, 0.05) is 13.0 Å². The summed E-state index contributed by atoms with van der Waals surface area (Å²) in [6, 6.07) is -1.62. The van der Waals surface area contributed by atoms with Crippen LogP contribution < -0.4 is 10.6 Å². The van der Waals surface area contributed by atoms with Crippen molar-refractivity contribution in [2.24, 2.45) is 0 Å². The first-order valence-electron chi connectivity index (χ1n) is 6.85. The number of esters is 1. The molecule has 0 radical (unpaired) electrons. The summed E-state index contributed by atoms with van der Waals surface area (Å²) in [6.07, 6.45) is 4.07. The van der Waals surface area contributed by atoms with Crippen LogP contribution in [0.4, 0.5) is 4.79 Å². The molecular weight excluding hydrogens is 264 g/mol. The summed E-state index contributed by atoms with van der Waals surface area (Å²) in [7, 11) is 1.23. The number of carboxylic acids is 1. The van der Waals surface area contributed by atoms with Gasteiger partial charge in [0.15, 0.2) is 0 Å². The first-order chi connectivity index (χ1) is 9.51. The van der Waals surface area contributed by atoms with Gasteiger partial charge in [-0.15, -0.1) is 0 Å². The van der Waals surface area contributed by atoms with Gasteiger partial charge in [0.05, 0.1) is 7.11 Å². The monoisotopic (exact) mass is 288 g/mol. The topological polar surface area (TPSA) is 105 Å². The second-order valence-corrected chi connectivity index (χ2v) is 4.47. The summed E-state index contributed by atoms with van der Waals surface area (Å²) in [5.41, 5.74) is 0. The Balaban J connectivity index is 3.96. The van der Waals surface area contributed by atoms with E-state index in [4.69, 9.17) is 5.11 Å². The lowest BCUT2D eigenvalue weighted by atomic mass is 10.1. The Bertz CT molecular complexity index is 320. The number of rotatable bonds is 10. The molecule has 2 amide bonds. The largest absolute Gasteiger partial charge is 0.480 e. The Hall–Kier alpha value is -1.79. The number of hydrogen-bond donors (Lipinski definition) is 3. The van der Waals surface area contributed by atoms with E-state index >= 15 is 0 Å². The number of urea groups is 1. The standard InChI is InChI=1S/C13H24N2O5/c1-3-4-5-6-9-14-13(19)15-10(12(17)18)7-8-11(16)20-2/h10H,3-9H2,1-2H3,(H,17,18)(H2,14,15,19)/t10-/m0/s1. The lowest BCUT2D eigenvalue weighted by Gasteiger charge is -2.14. The molecule has 0 aliphatic carbocycles. The summed E-state index contributed by atoms with van der Waals surface area (Å²) >= 11 is 0. The third kappa shape index (κ3) is 9.18. The fraction of sp³-hybridized carbons (Fsp3) is 0.769. The molecule has 0 aromatic heterocycles. The summed E-state index contributed by atoms with van der Waals surface area (Å²) in [5.74, 6) is -1.67. The highest BCUT2D eigenvalue weighted by Gasteiger charge is 2.20. The fourth-order valence-corrected chi connectivity index (χ4v) is 1.58. The van der Waals surface area contributed by atoms with E-state index in [1.165, 1.54) is 7.11 Å². The zero-order valence-corrected chi connectivity index (χ0v) is 12.1. The molecule has 0 rings (SSSR count). The SMILES string of the molecule is CCCCCCNC(=O)N[C@@H](CCC(=O)OC)C(=O)O. The minimum absolute atomic E-state index is 0.00522. The fourth-order valence-electron chi connectivity index (χ4n) is 1.58. The van der Waals surface area contributed by atoms with E-state index in [1.54, 1.807) is 0 Å². The Morgan fingerprint density at radius 1 is 1.20 bits per heavy atom. The first kappa shape index (κ1) is 18.2. The second-order valence-electron chi connectivity index (χ2n) is 4.47. The average Bonchev–Trinajstić information content (AvgIpc) is 2.42. The van der Waals surface area contributed by atoms with Crippen molar-refractivity contribution in [3.8, 4) is 0 Å². The van der Waals surface area contributed by atoms with Gasteiger partial charge in [0.25, 0.3) is 0 Å². The van der Waals surface area contributed by atoms with Crippen molar-refractivity contribution >= 4 is 18.0 Å². The average molecular weight is 288 g/mol. The van der Waals surface area contributed by atoms with Crippen molar-refractivity contribution in [2.75, 3.05) is 13.7 Å². The number of carbonyl (C=O) groups is 3. The van der Waals surface area contributed by atoms with Crippen LogP contribution in [0.2, 0.25) is 0 Å². The molecule has 7 nitrogen and oxygen atoms in total.